The van der Waals surface area contributed by atoms with Crippen LogP contribution < -0.4 is 4.74 Å². The average Bonchev–Trinajstić information content (AvgIpc) is 3.21. The number of rotatable bonds is 6. The van der Waals surface area contributed by atoms with E-state index in [0.29, 0.717) is 0 Å². The molecule has 3 aromatic rings. The maximum absolute atomic E-state index is 14.0. The summed E-state index contributed by atoms with van der Waals surface area (Å²) in [4.78, 5) is 4.31. The predicted octanol–water partition coefficient (Wildman–Crippen LogP) is 6.04. The van der Waals surface area contributed by atoms with Gasteiger partial charge in [-0.3, -0.25) is 0 Å². The molecular formula is C26H25F2NO2. The van der Waals surface area contributed by atoms with Crippen LogP contribution >= 0.6 is 0 Å². The first kappa shape index (κ1) is 21.0. The van der Waals surface area contributed by atoms with Crippen LogP contribution in [0.4, 0.5) is 8.78 Å². The Balaban J connectivity index is 1.47. The third-order valence-electron chi connectivity index (χ3n) is 5.49. The van der Waals surface area contributed by atoms with Crippen LogP contribution in [0.1, 0.15) is 29.2 Å². The Morgan fingerprint density at radius 3 is 2.23 bits per heavy atom. The number of hydrogen-bond acceptors (Lipinski definition) is 3. The molecule has 0 bridgehead atoms. The first-order valence-electron chi connectivity index (χ1n) is 10.4. The van der Waals surface area contributed by atoms with E-state index >= 15 is 0 Å². The summed E-state index contributed by atoms with van der Waals surface area (Å²) < 4.78 is 39.3. The fraction of sp³-hybridized carbons (Fsp3) is 0.269. The first-order valence-corrected chi connectivity index (χ1v) is 10.4. The second-order valence-corrected chi connectivity index (χ2v) is 7.79. The molecule has 0 fully saturated rings. The smallest absolute Gasteiger partial charge is 0.222 e. The molecule has 0 saturated heterocycles. The molecule has 1 aliphatic heterocycles. The van der Waals surface area contributed by atoms with Crippen LogP contribution in [0, 0.1) is 25.5 Å². The van der Waals surface area contributed by atoms with E-state index in [1.54, 1.807) is 0 Å². The largest absolute Gasteiger partial charge is 0.491 e. The molecule has 3 aromatic carbocycles. The van der Waals surface area contributed by atoms with Gasteiger partial charge in [-0.1, -0.05) is 37.3 Å². The summed E-state index contributed by atoms with van der Waals surface area (Å²) in [6, 6.07) is 16.0. The van der Waals surface area contributed by atoms with Gasteiger partial charge in [0, 0.05) is 0 Å². The minimum atomic E-state index is -0.686. The monoisotopic (exact) mass is 421 g/mol. The topological polar surface area (TPSA) is 30.8 Å². The fourth-order valence-electron chi connectivity index (χ4n) is 3.90. The molecule has 0 aliphatic carbocycles. The average molecular weight is 421 g/mol. The Morgan fingerprint density at radius 2 is 1.61 bits per heavy atom. The molecule has 1 heterocycles. The van der Waals surface area contributed by atoms with E-state index in [9.17, 15) is 8.78 Å². The predicted molar refractivity (Wildman–Crippen MR) is 119 cm³/mol. The van der Waals surface area contributed by atoms with Crippen LogP contribution in [-0.2, 0) is 11.2 Å². The highest BCUT2D eigenvalue weighted by Gasteiger charge is 2.25. The van der Waals surface area contributed by atoms with Crippen molar-refractivity contribution in [2.75, 3.05) is 13.2 Å². The minimum absolute atomic E-state index is 0.0116. The molecule has 0 saturated carbocycles. The molecule has 0 amide bonds. The Labute approximate surface area is 181 Å². The van der Waals surface area contributed by atoms with Gasteiger partial charge in [0.1, 0.15) is 42.2 Å². The maximum Gasteiger partial charge on any atom is 0.222 e. The lowest BCUT2D eigenvalue weighted by Crippen LogP contribution is -2.17. The van der Waals surface area contributed by atoms with E-state index in [-0.39, 0.29) is 30.7 Å². The van der Waals surface area contributed by atoms with E-state index < -0.39 is 11.6 Å². The van der Waals surface area contributed by atoms with Crippen molar-refractivity contribution in [3.8, 4) is 16.9 Å². The van der Waals surface area contributed by atoms with Crippen molar-refractivity contribution in [1.82, 2.24) is 0 Å². The summed E-state index contributed by atoms with van der Waals surface area (Å²) in [5.74, 6) is -0.643. The van der Waals surface area contributed by atoms with Gasteiger partial charge in [-0.15, -0.1) is 0 Å². The van der Waals surface area contributed by atoms with Crippen molar-refractivity contribution < 1.29 is 18.3 Å². The van der Waals surface area contributed by atoms with E-state index in [0.717, 1.165) is 23.3 Å². The highest BCUT2D eigenvalue weighted by molar-refractivity contribution is 5.95. The maximum atomic E-state index is 14.0. The molecule has 3 nitrogen and oxygen atoms in total. The first-order chi connectivity index (χ1) is 15.0. The van der Waals surface area contributed by atoms with Gasteiger partial charge in [0.05, 0.1) is 0 Å². The van der Waals surface area contributed by atoms with Gasteiger partial charge in [0.25, 0.3) is 0 Å². The van der Waals surface area contributed by atoms with Gasteiger partial charge >= 0.3 is 0 Å². The van der Waals surface area contributed by atoms with Crippen molar-refractivity contribution in [1.29, 1.82) is 0 Å². The summed E-state index contributed by atoms with van der Waals surface area (Å²) in [5.41, 5.74) is 5.72. The number of halogens is 2. The standard InChI is InChI=1S/C26H25F2NO2/c1-4-18-8-10-19(11-9-18)24-16(2)12-21(13-17(24)3)30-14-20-15-31-26(29-20)25-22(27)6-5-7-23(25)28/h5-13,20H,4,14-15H2,1-3H3. The van der Waals surface area contributed by atoms with E-state index in [1.165, 1.54) is 34.9 Å². The molecule has 0 N–H and O–H groups in total. The van der Waals surface area contributed by atoms with Crippen LogP contribution in [0.5, 0.6) is 5.75 Å². The third kappa shape index (κ3) is 4.46. The number of ether oxygens (including phenoxy) is 2. The zero-order valence-corrected chi connectivity index (χ0v) is 17.9. The highest BCUT2D eigenvalue weighted by Crippen LogP contribution is 2.31. The Morgan fingerprint density at radius 1 is 0.968 bits per heavy atom. The quantitative estimate of drug-likeness (QED) is 0.486. The van der Waals surface area contributed by atoms with E-state index in [2.05, 4.69) is 50.0 Å². The number of aliphatic imine (C=N–C) groups is 1. The lowest BCUT2D eigenvalue weighted by molar-refractivity contribution is 0.242. The molecule has 0 spiro atoms. The molecule has 1 aliphatic rings. The van der Waals surface area contributed by atoms with Gasteiger partial charge in [-0.2, -0.15) is 0 Å². The molecule has 0 radical (unpaired) electrons. The summed E-state index contributed by atoms with van der Waals surface area (Å²) >= 11 is 0. The number of nitrogens with zero attached hydrogens (tertiary/aromatic N) is 1. The summed E-state index contributed by atoms with van der Waals surface area (Å²) in [6.45, 7) is 6.77. The molecule has 31 heavy (non-hydrogen) atoms. The van der Waals surface area contributed by atoms with Gasteiger partial charge in [-0.25, -0.2) is 13.8 Å². The van der Waals surface area contributed by atoms with E-state index in [1.807, 2.05) is 12.1 Å². The van der Waals surface area contributed by atoms with Crippen molar-refractivity contribution in [2.24, 2.45) is 4.99 Å². The minimum Gasteiger partial charge on any atom is -0.491 e. The van der Waals surface area contributed by atoms with E-state index in [4.69, 9.17) is 9.47 Å². The molecule has 4 rings (SSSR count). The summed E-state index contributed by atoms with van der Waals surface area (Å²) in [5, 5.41) is 0. The second kappa shape index (κ2) is 8.88. The Hall–Kier alpha value is -3.21. The Bertz CT molecular complexity index is 1080. The fourth-order valence-corrected chi connectivity index (χ4v) is 3.90. The normalized spacial score (nSPS) is 15.5. The van der Waals surface area contributed by atoms with Crippen molar-refractivity contribution in [2.45, 2.75) is 33.2 Å². The molecule has 5 heteroatoms. The molecule has 1 unspecified atom stereocenters. The number of aryl methyl sites for hydroxylation is 3. The van der Waals surface area contributed by atoms with Crippen LogP contribution in [0.25, 0.3) is 11.1 Å². The Kier molecular flexibility index (Phi) is 6.03. The molecule has 0 aromatic heterocycles. The van der Waals surface area contributed by atoms with Crippen molar-refractivity contribution in [3.05, 3.63) is 88.5 Å². The van der Waals surface area contributed by atoms with Crippen LogP contribution in [-0.4, -0.2) is 25.2 Å². The molecule has 1 atom stereocenters. The van der Waals surface area contributed by atoms with Crippen molar-refractivity contribution in [3.63, 3.8) is 0 Å². The third-order valence-corrected chi connectivity index (χ3v) is 5.49. The second-order valence-electron chi connectivity index (χ2n) is 7.79. The van der Waals surface area contributed by atoms with Gasteiger partial charge in [0.15, 0.2) is 0 Å². The summed E-state index contributed by atoms with van der Waals surface area (Å²) in [6.07, 6.45) is 1.02. The zero-order chi connectivity index (χ0) is 22.0. The zero-order valence-electron chi connectivity index (χ0n) is 17.9. The van der Waals surface area contributed by atoms with Gasteiger partial charge in [-0.05, 0) is 72.4 Å². The lowest BCUT2D eigenvalue weighted by atomic mass is 9.94. The lowest BCUT2D eigenvalue weighted by Gasteiger charge is -2.15. The van der Waals surface area contributed by atoms with Crippen LogP contribution in [0.3, 0.4) is 0 Å². The number of benzene rings is 3. The van der Waals surface area contributed by atoms with Crippen LogP contribution in [0.15, 0.2) is 59.6 Å². The van der Waals surface area contributed by atoms with Gasteiger partial charge < -0.3 is 9.47 Å². The SMILES string of the molecule is CCc1ccc(-c2c(C)cc(OCC3COC(c4c(F)cccc4F)=N3)cc2C)cc1. The van der Waals surface area contributed by atoms with Crippen LogP contribution in [0.2, 0.25) is 0 Å². The molecular weight excluding hydrogens is 396 g/mol. The summed E-state index contributed by atoms with van der Waals surface area (Å²) in [7, 11) is 0. The number of hydrogen-bond donors (Lipinski definition) is 0. The highest BCUT2D eigenvalue weighted by atomic mass is 19.1. The van der Waals surface area contributed by atoms with Gasteiger partial charge in [0.2, 0.25) is 5.90 Å². The molecule has 160 valence electrons. The van der Waals surface area contributed by atoms with Crippen molar-refractivity contribution >= 4 is 5.90 Å².